The predicted octanol–water partition coefficient (Wildman–Crippen LogP) is 1.85. The molecule has 0 radical (unpaired) electrons. The van der Waals surface area contributed by atoms with Gasteiger partial charge in [-0.25, -0.2) is 0 Å². The molecule has 0 bridgehead atoms. The molecule has 16 heavy (non-hydrogen) atoms. The summed E-state index contributed by atoms with van der Waals surface area (Å²) in [7, 11) is 0. The first-order chi connectivity index (χ1) is 7.42. The number of nitrogens with one attached hydrogen (secondary N) is 1. The van der Waals surface area contributed by atoms with Gasteiger partial charge in [0.25, 0.3) is 0 Å². The highest BCUT2D eigenvalue weighted by atomic mass is 35.5. The Morgan fingerprint density at radius 3 is 2.38 bits per heavy atom. The van der Waals surface area contributed by atoms with Gasteiger partial charge >= 0.3 is 0 Å². The van der Waals surface area contributed by atoms with Crippen LogP contribution in [0.1, 0.15) is 33.6 Å². The number of alkyl halides is 1. The fraction of sp³-hybridized carbons (Fsp3) is 0.917. The minimum Gasteiger partial charge on any atom is -0.351 e. The largest absolute Gasteiger partial charge is 0.351 e. The number of halogens is 1. The fourth-order valence-corrected chi connectivity index (χ4v) is 2.25. The van der Waals surface area contributed by atoms with Crippen molar-refractivity contribution in [2.24, 2.45) is 5.92 Å². The summed E-state index contributed by atoms with van der Waals surface area (Å²) >= 11 is 5.70. The Bertz CT molecular complexity index is 230. The van der Waals surface area contributed by atoms with Gasteiger partial charge in [0.2, 0.25) is 5.91 Å². The summed E-state index contributed by atoms with van der Waals surface area (Å²) < 4.78 is 0. The molecule has 0 aromatic rings. The molecule has 0 aromatic carbocycles. The van der Waals surface area contributed by atoms with E-state index in [1.807, 2.05) is 20.8 Å². The smallest absolute Gasteiger partial charge is 0.223 e. The molecular weight excluding hydrogens is 224 g/mol. The predicted molar refractivity (Wildman–Crippen MR) is 67.8 cm³/mol. The highest BCUT2D eigenvalue weighted by molar-refractivity contribution is 6.18. The quantitative estimate of drug-likeness (QED) is 0.771. The van der Waals surface area contributed by atoms with Crippen LogP contribution in [0.25, 0.3) is 0 Å². The van der Waals surface area contributed by atoms with Crippen LogP contribution in [0.5, 0.6) is 0 Å². The summed E-state index contributed by atoms with van der Waals surface area (Å²) in [5.41, 5.74) is -0.121. The summed E-state index contributed by atoms with van der Waals surface area (Å²) in [5, 5.41) is 3.05. The number of carbonyl (C=O) groups excluding carboxylic acids is 1. The third kappa shape index (κ3) is 4.71. The number of likely N-dealkylation sites (tertiary alicyclic amines) is 1. The molecule has 4 heteroatoms. The number of rotatable bonds is 3. The molecule has 1 heterocycles. The van der Waals surface area contributed by atoms with E-state index in [0.717, 1.165) is 32.5 Å². The van der Waals surface area contributed by atoms with E-state index < -0.39 is 0 Å². The van der Waals surface area contributed by atoms with Crippen LogP contribution in [-0.4, -0.2) is 41.9 Å². The molecule has 1 aliphatic heterocycles. The van der Waals surface area contributed by atoms with E-state index in [-0.39, 0.29) is 17.4 Å². The zero-order valence-electron chi connectivity index (χ0n) is 10.6. The lowest BCUT2D eigenvalue weighted by Crippen LogP contribution is -2.47. The molecule has 1 N–H and O–H groups in total. The van der Waals surface area contributed by atoms with Crippen LogP contribution in [0, 0.1) is 5.92 Å². The maximum atomic E-state index is 11.9. The number of nitrogens with zero attached hydrogens (tertiary/aromatic N) is 1. The minimum absolute atomic E-state index is 0.121. The lowest BCUT2D eigenvalue weighted by molar-refractivity contribution is -0.127. The normalized spacial score (nSPS) is 19.8. The molecule has 0 aromatic heterocycles. The average Bonchev–Trinajstić information content (AvgIpc) is 2.16. The van der Waals surface area contributed by atoms with Crippen molar-refractivity contribution in [3.05, 3.63) is 0 Å². The fourth-order valence-electron chi connectivity index (χ4n) is 2.01. The number of amides is 1. The highest BCUT2D eigenvalue weighted by Gasteiger charge is 2.26. The van der Waals surface area contributed by atoms with Gasteiger partial charge in [0.1, 0.15) is 0 Å². The second kappa shape index (κ2) is 5.87. The molecule has 1 fully saturated rings. The molecule has 3 nitrogen and oxygen atoms in total. The molecule has 0 aliphatic carbocycles. The van der Waals surface area contributed by atoms with Crippen molar-refractivity contribution in [2.45, 2.75) is 39.2 Å². The Balaban J connectivity index is 2.33. The molecular formula is C12H23ClN2O. The van der Waals surface area contributed by atoms with Crippen LogP contribution in [-0.2, 0) is 4.79 Å². The van der Waals surface area contributed by atoms with E-state index in [1.165, 1.54) is 0 Å². The van der Waals surface area contributed by atoms with E-state index >= 15 is 0 Å². The van der Waals surface area contributed by atoms with Crippen molar-refractivity contribution in [2.75, 3.05) is 25.5 Å². The van der Waals surface area contributed by atoms with Crippen molar-refractivity contribution >= 4 is 17.5 Å². The van der Waals surface area contributed by atoms with Crippen LogP contribution in [0.4, 0.5) is 0 Å². The first-order valence-corrected chi connectivity index (χ1v) is 6.56. The number of carbonyl (C=O) groups is 1. The zero-order chi connectivity index (χ0) is 12.2. The molecule has 94 valence electrons. The van der Waals surface area contributed by atoms with E-state index in [2.05, 4.69) is 10.2 Å². The highest BCUT2D eigenvalue weighted by Crippen LogP contribution is 2.18. The zero-order valence-corrected chi connectivity index (χ0v) is 11.3. The third-order valence-corrected chi connectivity index (χ3v) is 3.03. The van der Waals surface area contributed by atoms with E-state index in [1.54, 1.807) is 0 Å². The van der Waals surface area contributed by atoms with Crippen LogP contribution in [0.2, 0.25) is 0 Å². The SMILES string of the molecule is CC(C)(C)NC(=O)C1CCN(CCCl)CC1. The van der Waals surface area contributed by atoms with Gasteiger partial charge in [0.05, 0.1) is 0 Å². The summed E-state index contributed by atoms with van der Waals surface area (Å²) in [4.78, 5) is 14.2. The first-order valence-electron chi connectivity index (χ1n) is 6.03. The Kier molecular flexibility index (Phi) is 5.06. The van der Waals surface area contributed by atoms with Crippen molar-refractivity contribution < 1.29 is 4.79 Å². The second-order valence-electron chi connectivity index (χ2n) is 5.54. The van der Waals surface area contributed by atoms with Gasteiger partial charge in [-0.1, -0.05) is 0 Å². The van der Waals surface area contributed by atoms with Crippen LogP contribution < -0.4 is 5.32 Å². The van der Waals surface area contributed by atoms with E-state index in [0.29, 0.717) is 5.88 Å². The monoisotopic (exact) mass is 246 g/mol. The molecule has 0 saturated carbocycles. The Hall–Kier alpha value is -0.280. The van der Waals surface area contributed by atoms with Crippen LogP contribution in [0.3, 0.4) is 0 Å². The third-order valence-electron chi connectivity index (χ3n) is 2.86. The maximum absolute atomic E-state index is 11.9. The molecule has 1 amide bonds. The van der Waals surface area contributed by atoms with Gasteiger partial charge in [-0.3, -0.25) is 4.79 Å². The van der Waals surface area contributed by atoms with Gasteiger partial charge in [-0.2, -0.15) is 0 Å². The summed E-state index contributed by atoms with van der Waals surface area (Å²) in [6, 6.07) is 0. The number of hydrogen-bond acceptors (Lipinski definition) is 2. The Labute approximate surface area is 104 Å². The van der Waals surface area contributed by atoms with Crippen LogP contribution >= 0.6 is 11.6 Å². The lowest BCUT2D eigenvalue weighted by Gasteiger charge is -2.32. The molecule has 1 saturated heterocycles. The van der Waals surface area contributed by atoms with Crippen molar-refractivity contribution in [3.8, 4) is 0 Å². The van der Waals surface area contributed by atoms with Gasteiger partial charge in [0, 0.05) is 23.9 Å². The standard InChI is InChI=1S/C12H23ClN2O/c1-12(2,3)14-11(16)10-4-7-15(8-5-10)9-6-13/h10H,4-9H2,1-3H3,(H,14,16). The van der Waals surface area contributed by atoms with Crippen molar-refractivity contribution in [1.82, 2.24) is 10.2 Å². The molecule has 1 aliphatic rings. The van der Waals surface area contributed by atoms with Crippen LogP contribution in [0.15, 0.2) is 0 Å². The Morgan fingerprint density at radius 2 is 1.94 bits per heavy atom. The van der Waals surface area contributed by atoms with Gasteiger partial charge in [-0.15, -0.1) is 11.6 Å². The maximum Gasteiger partial charge on any atom is 0.223 e. The lowest BCUT2D eigenvalue weighted by atomic mass is 9.94. The minimum atomic E-state index is -0.121. The summed E-state index contributed by atoms with van der Waals surface area (Å²) in [5.74, 6) is 1.07. The van der Waals surface area contributed by atoms with Crippen molar-refractivity contribution in [1.29, 1.82) is 0 Å². The second-order valence-corrected chi connectivity index (χ2v) is 5.92. The molecule has 0 atom stereocenters. The Morgan fingerprint density at radius 1 is 1.38 bits per heavy atom. The van der Waals surface area contributed by atoms with Gasteiger partial charge < -0.3 is 10.2 Å². The van der Waals surface area contributed by atoms with Gasteiger partial charge in [0.15, 0.2) is 0 Å². The number of hydrogen-bond donors (Lipinski definition) is 1. The van der Waals surface area contributed by atoms with E-state index in [9.17, 15) is 4.79 Å². The van der Waals surface area contributed by atoms with Crippen molar-refractivity contribution in [3.63, 3.8) is 0 Å². The first kappa shape index (κ1) is 13.8. The molecule has 1 rings (SSSR count). The van der Waals surface area contributed by atoms with Gasteiger partial charge in [-0.05, 0) is 46.7 Å². The molecule has 0 spiro atoms. The average molecular weight is 247 g/mol. The number of piperidine rings is 1. The molecule has 0 unspecified atom stereocenters. The summed E-state index contributed by atoms with van der Waals surface area (Å²) in [6.45, 7) is 8.99. The topological polar surface area (TPSA) is 32.3 Å². The summed E-state index contributed by atoms with van der Waals surface area (Å²) in [6.07, 6.45) is 1.91. The van der Waals surface area contributed by atoms with E-state index in [4.69, 9.17) is 11.6 Å².